The summed E-state index contributed by atoms with van der Waals surface area (Å²) in [5.74, 6) is 1.12. The largest absolute Gasteiger partial charge is 0.494 e. The summed E-state index contributed by atoms with van der Waals surface area (Å²) in [5.41, 5.74) is 1.24. The van der Waals surface area contributed by atoms with Gasteiger partial charge >= 0.3 is 0 Å². The quantitative estimate of drug-likeness (QED) is 0.772. The molecule has 22 heavy (non-hydrogen) atoms. The average Bonchev–Trinajstić information content (AvgIpc) is 2.53. The fraction of sp³-hybridized carbons (Fsp3) is 0.588. The summed E-state index contributed by atoms with van der Waals surface area (Å²) in [7, 11) is 0. The van der Waals surface area contributed by atoms with Crippen molar-refractivity contribution in [3.63, 3.8) is 0 Å². The molecular weight excluding hydrogens is 278 g/mol. The van der Waals surface area contributed by atoms with Gasteiger partial charge in [0.05, 0.1) is 6.61 Å². The lowest BCUT2D eigenvalue weighted by molar-refractivity contribution is -0.130. The first-order valence-corrected chi connectivity index (χ1v) is 8.09. The second-order valence-corrected chi connectivity index (χ2v) is 5.60. The van der Waals surface area contributed by atoms with Crippen molar-refractivity contribution >= 4 is 5.91 Å². The number of benzene rings is 1. The van der Waals surface area contributed by atoms with Gasteiger partial charge in [0, 0.05) is 52.7 Å². The van der Waals surface area contributed by atoms with E-state index in [4.69, 9.17) is 4.74 Å². The van der Waals surface area contributed by atoms with E-state index in [1.54, 1.807) is 6.92 Å². The zero-order valence-electron chi connectivity index (χ0n) is 13.7. The van der Waals surface area contributed by atoms with Crippen LogP contribution in [0.5, 0.6) is 5.75 Å². The molecule has 1 amide bonds. The van der Waals surface area contributed by atoms with Gasteiger partial charge in [-0.1, -0.05) is 12.1 Å². The minimum atomic E-state index is 0.187. The Morgan fingerprint density at radius 1 is 1.27 bits per heavy atom. The summed E-state index contributed by atoms with van der Waals surface area (Å²) >= 11 is 0. The van der Waals surface area contributed by atoms with Gasteiger partial charge in [-0.05, 0) is 24.6 Å². The van der Waals surface area contributed by atoms with Crippen molar-refractivity contribution in [3.8, 4) is 5.75 Å². The summed E-state index contributed by atoms with van der Waals surface area (Å²) in [5, 5.41) is 3.47. The van der Waals surface area contributed by atoms with E-state index in [9.17, 15) is 4.79 Å². The van der Waals surface area contributed by atoms with E-state index in [-0.39, 0.29) is 5.91 Å². The van der Waals surface area contributed by atoms with Crippen molar-refractivity contribution < 1.29 is 9.53 Å². The Balaban J connectivity index is 1.63. The van der Waals surface area contributed by atoms with Gasteiger partial charge in [-0.2, -0.15) is 0 Å². The van der Waals surface area contributed by atoms with Gasteiger partial charge < -0.3 is 15.0 Å². The van der Waals surface area contributed by atoms with Gasteiger partial charge in [0.1, 0.15) is 5.75 Å². The number of nitrogens with zero attached hydrogens (tertiary/aromatic N) is 2. The second kappa shape index (κ2) is 8.76. The fourth-order valence-corrected chi connectivity index (χ4v) is 2.67. The number of carbonyl (C=O) groups excluding carboxylic acids is 1. The summed E-state index contributed by atoms with van der Waals surface area (Å²) < 4.78 is 5.51. The zero-order chi connectivity index (χ0) is 15.8. The van der Waals surface area contributed by atoms with E-state index in [1.165, 1.54) is 5.56 Å². The first-order valence-electron chi connectivity index (χ1n) is 8.09. The normalized spacial score (nSPS) is 15.8. The molecule has 1 fully saturated rings. The maximum Gasteiger partial charge on any atom is 0.219 e. The molecule has 1 heterocycles. The van der Waals surface area contributed by atoms with E-state index in [0.717, 1.165) is 51.6 Å². The van der Waals surface area contributed by atoms with E-state index < -0.39 is 0 Å². The first kappa shape index (κ1) is 16.8. The summed E-state index contributed by atoms with van der Waals surface area (Å²) in [6.45, 7) is 10.8. The third-order valence-electron chi connectivity index (χ3n) is 3.96. The highest BCUT2D eigenvalue weighted by molar-refractivity contribution is 5.73. The number of hydrogen-bond donors (Lipinski definition) is 1. The topological polar surface area (TPSA) is 44.8 Å². The molecule has 0 spiro atoms. The van der Waals surface area contributed by atoms with Crippen LogP contribution in [0.15, 0.2) is 24.3 Å². The molecule has 122 valence electrons. The van der Waals surface area contributed by atoms with Crippen LogP contribution in [-0.2, 0) is 11.3 Å². The van der Waals surface area contributed by atoms with Gasteiger partial charge in [0.25, 0.3) is 0 Å². The molecule has 5 heteroatoms. The second-order valence-electron chi connectivity index (χ2n) is 5.60. The molecule has 1 aromatic rings. The molecule has 0 bridgehead atoms. The molecule has 0 saturated carbocycles. The Morgan fingerprint density at radius 3 is 2.73 bits per heavy atom. The van der Waals surface area contributed by atoms with Crippen molar-refractivity contribution in [1.29, 1.82) is 0 Å². The van der Waals surface area contributed by atoms with Crippen LogP contribution in [0.1, 0.15) is 19.4 Å². The lowest BCUT2D eigenvalue weighted by Crippen LogP contribution is -2.49. The highest BCUT2D eigenvalue weighted by Gasteiger charge is 2.17. The minimum Gasteiger partial charge on any atom is -0.494 e. The number of hydrogen-bond acceptors (Lipinski definition) is 4. The standard InChI is InChI=1S/C17H27N3O2/c1-3-22-17-6-4-5-16(13-17)14-18-7-8-19-9-11-20(12-10-19)15(2)21/h4-6,13,18H,3,7-12,14H2,1-2H3. The van der Waals surface area contributed by atoms with Crippen LogP contribution < -0.4 is 10.1 Å². The molecule has 1 aliphatic rings. The molecule has 0 aliphatic carbocycles. The lowest BCUT2D eigenvalue weighted by atomic mass is 10.2. The van der Waals surface area contributed by atoms with Crippen LogP contribution in [0.3, 0.4) is 0 Å². The number of rotatable bonds is 7. The van der Waals surface area contributed by atoms with Crippen LogP contribution in [0.4, 0.5) is 0 Å². The third-order valence-corrected chi connectivity index (χ3v) is 3.96. The first-order chi connectivity index (χ1) is 10.7. The van der Waals surface area contributed by atoms with Crippen LogP contribution in [0, 0.1) is 0 Å². The van der Waals surface area contributed by atoms with Gasteiger partial charge in [-0.25, -0.2) is 0 Å². The molecule has 1 N–H and O–H groups in total. The molecule has 0 atom stereocenters. The van der Waals surface area contributed by atoms with Crippen molar-refractivity contribution in [3.05, 3.63) is 29.8 Å². The van der Waals surface area contributed by atoms with Crippen molar-refractivity contribution in [2.45, 2.75) is 20.4 Å². The van der Waals surface area contributed by atoms with Crippen LogP contribution in [0.2, 0.25) is 0 Å². The van der Waals surface area contributed by atoms with Gasteiger partial charge in [0.2, 0.25) is 5.91 Å². The average molecular weight is 305 g/mol. The predicted octanol–water partition coefficient (Wildman–Crippen LogP) is 1.34. The Hall–Kier alpha value is -1.59. The van der Waals surface area contributed by atoms with Crippen LogP contribution in [-0.4, -0.2) is 61.6 Å². The molecule has 5 nitrogen and oxygen atoms in total. The Bertz CT molecular complexity index is 471. The monoisotopic (exact) mass is 305 g/mol. The van der Waals surface area contributed by atoms with Gasteiger partial charge in [-0.15, -0.1) is 0 Å². The summed E-state index contributed by atoms with van der Waals surface area (Å²) in [4.78, 5) is 15.6. The van der Waals surface area contributed by atoms with Crippen molar-refractivity contribution in [1.82, 2.24) is 15.1 Å². The van der Waals surface area contributed by atoms with Crippen molar-refractivity contribution in [2.75, 3.05) is 45.9 Å². The van der Waals surface area contributed by atoms with Crippen molar-refractivity contribution in [2.24, 2.45) is 0 Å². The molecular formula is C17H27N3O2. The summed E-state index contributed by atoms with van der Waals surface area (Å²) in [6.07, 6.45) is 0. The Labute approximate surface area is 133 Å². The Morgan fingerprint density at radius 2 is 2.05 bits per heavy atom. The number of piperazine rings is 1. The minimum absolute atomic E-state index is 0.187. The molecule has 0 radical (unpaired) electrons. The highest BCUT2D eigenvalue weighted by Crippen LogP contribution is 2.12. The molecule has 1 aromatic carbocycles. The number of nitrogens with one attached hydrogen (secondary N) is 1. The van der Waals surface area contributed by atoms with Gasteiger partial charge in [0.15, 0.2) is 0 Å². The SMILES string of the molecule is CCOc1cccc(CNCCN2CCN(C(C)=O)CC2)c1. The van der Waals surface area contributed by atoms with Crippen LogP contribution in [0.25, 0.3) is 0 Å². The van der Waals surface area contributed by atoms with E-state index in [1.807, 2.05) is 24.0 Å². The predicted molar refractivity (Wildman–Crippen MR) is 88.0 cm³/mol. The molecule has 0 aromatic heterocycles. The maximum atomic E-state index is 11.3. The van der Waals surface area contributed by atoms with E-state index in [2.05, 4.69) is 22.3 Å². The molecule has 1 saturated heterocycles. The Kier molecular flexibility index (Phi) is 6.68. The number of carbonyl (C=O) groups is 1. The zero-order valence-corrected chi connectivity index (χ0v) is 13.7. The van der Waals surface area contributed by atoms with Gasteiger partial charge in [-0.3, -0.25) is 9.69 Å². The molecule has 2 rings (SSSR count). The molecule has 1 aliphatic heterocycles. The van der Waals surface area contributed by atoms with Crippen LogP contribution >= 0.6 is 0 Å². The summed E-state index contributed by atoms with van der Waals surface area (Å²) in [6, 6.07) is 8.22. The van der Waals surface area contributed by atoms with E-state index >= 15 is 0 Å². The number of ether oxygens (including phenoxy) is 1. The smallest absolute Gasteiger partial charge is 0.219 e. The number of amides is 1. The lowest BCUT2D eigenvalue weighted by Gasteiger charge is -2.34. The third kappa shape index (κ3) is 5.31. The highest BCUT2D eigenvalue weighted by atomic mass is 16.5. The van der Waals surface area contributed by atoms with E-state index in [0.29, 0.717) is 6.61 Å². The molecule has 0 unspecified atom stereocenters. The fourth-order valence-electron chi connectivity index (χ4n) is 2.67. The maximum absolute atomic E-state index is 11.3.